The van der Waals surface area contributed by atoms with Crippen molar-refractivity contribution in [1.82, 2.24) is 14.5 Å². The van der Waals surface area contributed by atoms with Crippen LogP contribution in [0.3, 0.4) is 0 Å². The van der Waals surface area contributed by atoms with Crippen LogP contribution in [0.2, 0.25) is 0 Å². The largest absolute Gasteiger partial charge is 0.352 e. The van der Waals surface area contributed by atoms with Gasteiger partial charge in [0.05, 0.1) is 11.4 Å². The van der Waals surface area contributed by atoms with E-state index in [1.54, 1.807) is 36.1 Å². The average Bonchev–Trinajstić information content (AvgIpc) is 2.89. The first-order valence-electron chi connectivity index (χ1n) is 7.91. The van der Waals surface area contributed by atoms with Crippen LogP contribution >= 0.6 is 0 Å². The van der Waals surface area contributed by atoms with E-state index in [0.717, 1.165) is 0 Å². The van der Waals surface area contributed by atoms with E-state index in [1.165, 1.54) is 11.2 Å². The molecule has 2 amide bonds. The third-order valence-electron chi connectivity index (χ3n) is 4.58. The Hall–Kier alpha value is -1.93. The van der Waals surface area contributed by atoms with Crippen molar-refractivity contribution < 1.29 is 18.0 Å². The molecule has 2 heterocycles. The minimum Gasteiger partial charge on any atom is -0.352 e. The average molecular weight is 351 g/mol. The zero-order valence-electron chi connectivity index (χ0n) is 13.7. The lowest BCUT2D eigenvalue weighted by molar-refractivity contribution is -0.135. The van der Waals surface area contributed by atoms with Crippen LogP contribution in [0, 0.1) is 6.92 Å². The number of fused-ring (bicyclic) bond motifs is 1. The van der Waals surface area contributed by atoms with Crippen molar-refractivity contribution in [3.05, 3.63) is 29.8 Å². The van der Waals surface area contributed by atoms with Crippen LogP contribution in [0.25, 0.3) is 0 Å². The zero-order chi connectivity index (χ0) is 17.5. The SMILES string of the molecule is CC(=O)N[C@H]1C[C@H]2CN(S(=O)(=O)c3ccccc3C)CC(=O)N2C1. The number of carbonyl (C=O) groups is 2. The minimum absolute atomic E-state index is 0.113. The number of nitrogens with zero attached hydrogens (tertiary/aromatic N) is 2. The third-order valence-corrected chi connectivity index (χ3v) is 6.55. The molecule has 0 radical (unpaired) electrons. The highest BCUT2D eigenvalue weighted by Crippen LogP contribution is 2.28. The van der Waals surface area contributed by atoms with Gasteiger partial charge in [-0.05, 0) is 25.0 Å². The normalized spacial score (nSPS) is 24.8. The molecule has 0 unspecified atom stereocenters. The Morgan fingerprint density at radius 2 is 1.96 bits per heavy atom. The Labute approximate surface area is 141 Å². The third kappa shape index (κ3) is 3.03. The molecule has 2 aliphatic heterocycles. The minimum atomic E-state index is -3.71. The van der Waals surface area contributed by atoms with E-state index in [4.69, 9.17) is 0 Å². The lowest BCUT2D eigenvalue weighted by atomic mass is 10.1. The molecular weight excluding hydrogens is 330 g/mol. The first kappa shape index (κ1) is 16.9. The molecule has 8 heteroatoms. The van der Waals surface area contributed by atoms with Crippen molar-refractivity contribution in [3.63, 3.8) is 0 Å². The summed E-state index contributed by atoms with van der Waals surface area (Å²) >= 11 is 0. The predicted molar refractivity (Wildman–Crippen MR) is 87.7 cm³/mol. The van der Waals surface area contributed by atoms with Crippen molar-refractivity contribution >= 4 is 21.8 Å². The summed E-state index contributed by atoms with van der Waals surface area (Å²) in [5.41, 5.74) is 0.662. The molecule has 2 fully saturated rings. The molecule has 0 bridgehead atoms. The number of sulfonamides is 1. The first-order chi connectivity index (χ1) is 11.3. The molecule has 2 saturated heterocycles. The van der Waals surface area contributed by atoms with Crippen LogP contribution in [0.15, 0.2) is 29.2 Å². The highest BCUT2D eigenvalue weighted by Gasteiger charge is 2.44. The standard InChI is InChI=1S/C16H21N3O4S/c1-11-5-3-4-6-15(11)24(22,23)18-9-14-7-13(17-12(2)20)8-19(14)16(21)10-18/h3-6,13-14H,7-10H2,1-2H3,(H,17,20)/t13-,14-/m0/s1. The van der Waals surface area contributed by atoms with E-state index < -0.39 is 10.0 Å². The first-order valence-corrected chi connectivity index (χ1v) is 9.35. The molecule has 1 N–H and O–H groups in total. The molecule has 130 valence electrons. The van der Waals surface area contributed by atoms with Crippen molar-refractivity contribution in [2.24, 2.45) is 0 Å². The second kappa shape index (κ2) is 6.18. The van der Waals surface area contributed by atoms with E-state index in [9.17, 15) is 18.0 Å². The molecule has 2 atom stereocenters. The number of amides is 2. The van der Waals surface area contributed by atoms with Gasteiger partial charge in [0, 0.05) is 32.1 Å². The van der Waals surface area contributed by atoms with E-state index in [1.807, 2.05) is 0 Å². The van der Waals surface area contributed by atoms with Gasteiger partial charge in [0.15, 0.2) is 0 Å². The maximum Gasteiger partial charge on any atom is 0.243 e. The Balaban J connectivity index is 1.82. The molecule has 1 aromatic rings. The van der Waals surface area contributed by atoms with Crippen LogP contribution in [0.4, 0.5) is 0 Å². The van der Waals surface area contributed by atoms with Gasteiger partial charge in [-0.1, -0.05) is 18.2 Å². The molecule has 2 aliphatic rings. The van der Waals surface area contributed by atoms with Crippen LogP contribution < -0.4 is 5.32 Å². The molecule has 7 nitrogen and oxygen atoms in total. The Morgan fingerprint density at radius 1 is 1.25 bits per heavy atom. The number of aryl methyl sites for hydroxylation is 1. The molecule has 0 aliphatic carbocycles. The number of rotatable bonds is 3. The van der Waals surface area contributed by atoms with Crippen LogP contribution in [-0.2, 0) is 19.6 Å². The number of carbonyl (C=O) groups excluding carboxylic acids is 2. The quantitative estimate of drug-likeness (QED) is 0.837. The lowest BCUT2D eigenvalue weighted by Crippen LogP contribution is -2.55. The summed E-state index contributed by atoms with van der Waals surface area (Å²) < 4.78 is 27.0. The summed E-state index contributed by atoms with van der Waals surface area (Å²) in [5.74, 6) is -0.354. The Morgan fingerprint density at radius 3 is 2.62 bits per heavy atom. The highest BCUT2D eigenvalue weighted by molar-refractivity contribution is 7.89. The van der Waals surface area contributed by atoms with E-state index in [2.05, 4.69) is 5.32 Å². The van der Waals surface area contributed by atoms with E-state index >= 15 is 0 Å². The van der Waals surface area contributed by atoms with E-state index in [-0.39, 0.29) is 41.9 Å². The van der Waals surface area contributed by atoms with Gasteiger partial charge >= 0.3 is 0 Å². The fourth-order valence-corrected chi connectivity index (χ4v) is 5.15. The summed E-state index contributed by atoms with van der Waals surface area (Å²) in [4.78, 5) is 25.5. The molecule has 24 heavy (non-hydrogen) atoms. The molecule has 0 spiro atoms. The molecular formula is C16H21N3O4S. The second-order valence-corrected chi connectivity index (χ2v) is 8.30. The molecule has 0 aromatic heterocycles. The number of hydrogen-bond donors (Lipinski definition) is 1. The molecule has 3 rings (SSSR count). The van der Waals surface area contributed by atoms with Gasteiger partial charge in [-0.15, -0.1) is 0 Å². The summed E-state index contributed by atoms with van der Waals surface area (Å²) in [5, 5.41) is 2.81. The monoisotopic (exact) mass is 351 g/mol. The smallest absolute Gasteiger partial charge is 0.243 e. The highest BCUT2D eigenvalue weighted by atomic mass is 32.2. The fourth-order valence-electron chi connectivity index (χ4n) is 3.50. The maximum atomic E-state index is 12.9. The number of benzene rings is 1. The van der Waals surface area contributed by atoms with Crippen molar-refractivity contribution in [2.45, 2.75) is 37.2 Å². The predicted octanol–water partition coefficient (Wildman–Crippen LogP) is 0.105. The van der Waals surface area contributed by atoms with Crippen molar-refractivity contribution in [1.29, 1.82) is 0 Å². The van der Waals surface area contributed by atoms with Crippen molar-refractivity contribution in [3.8, 4) is 0 Å². The van der Waals surface area contributed by atoms with Gasteiger partial charge in [0.1, 0.15) is 0 Å². The summed E-state index contributed by atoms with van der Waals surface area (Å²) in [6.07, 6.45) is 0.575. The number of piperazine rings is 1. The zero-order valence-corrected chi connectivity index (χ0v) is 14.5. The van der Waals surface area contributed by atoms with Gasteiger partial charge in [0.25, 0.3) is 0 Å². The lowest BCUT2D eigenvalue weighted by Gasteiger charge is -2.36. The van der Waals surface area contributed by atoms with Crippen LogP contribution in [-0.4, -0.2) is 61.2 Å². The van der Waals surface area contributed by atoms with Gasteiger partial charge in [-0.25, -0.2) is 8.42 Å². The van der Waals surface area contributed by atoms with Crippen LogP contribution in [0.1, 0.15) is 18.9 Å². The Bertz CT molecular complexity index is 777. The summed E-state index contributed by atoms with van der Waals surface area (Å²) in [6.45, 7) is 3.74. The van der Waals surface area contributed by atoms with E-state index in [0.29, 0.717) is 18.5 Å². The topological polar surface area (TPSA) is 86.8 Å². The van der Waals surface area contributed by atoms with Gasteiger partial charge in [0.2, 0.25) is 21.8 Å². The van der Waals surface area contributed by atoms with Gasteiger partial charge < -0.3 is 10.2 Å². The molecule has 1 aromatic carbocycles. The van der Waals surface area contributed by atoms with Crippen molar-refractivity contribution in [2.75, 3.05) is 19.6 Å². The Kier molecular flexibility index (Phi) is 4.35. The number of nitrogens with one attached hydrogen (secondary N) is 1. The van der Waals surface area contributed by atoms with Gasteiger partial charge in [-0.3, -0.25) is 9.59 Å². The number of hydrogen-bond acceptors (Lipinski definition) is 4. The molecule has 0 saturated carbocycles. The van der Waals surface area contributed by atoms with Gasteiger partial charge in [-0.2, -0.15) is 4.31 Å². The van der Waals surface area contributed by atoms with Crippen LogP contribution in [0.5, 0.6) is 0 Å². The summed E-state index contributed by atoms with van der Waals surface area (Å²) in [7, 11) is -3.71. The summed E-state index contributed by atoms with van der Waals surface area (Å²) in [6, 6.07) is 6.47. The fraction of sp³-hybridized carbons (Fsp3) is 0.500. The second-order valence-electron chi connectivity index (χ2n) is 6.40. The maximum absolute atomic E-state index is 12.9.